The number of nitrogens with zero attached hydrogens (tertiary/aromatic N) is 2. The van der Waals surface area contributed by atoms with Gasteiger partial charge in [0.05, 0.1) is 4.92 Å². The average molecular weight is 315 g/mol. The molecule has 2 aromatic rings. The van der Waals surface area contributed by atoms with Crippen molar-refractivity contribution in [2.24, 2.45) is 5.92 Å². The average Bonchev–Trinajstić information content (AvgIpc) is 2.59. The molecule has 0 spiro atoms. The van der Waals surface area contributed by atoms with Crippen LogP contribution in [0.3, 0.4) is 0 Å². The number of aromatic nitrogens is 1. The van der Waals surface area contributed by atoms with E-state index in [0.29, 0.717) is 6.42 Å². The van der Waals surface area contributed by atoms with Crippen LogP contribution in [0.2, 0.25) is 0 Å². The molecular formula is C16H17N3O4. The second kappa shape index (κ2) is 8.00. The van der Waals surface area contributed by atoms with Gasteiger partial charge in [-0.2, -0.15) is 0 Å². The highest BCUT2D eigenvalue weighted by Crippen LogP contribution is 2.17. The van der Waals surface area contributed by atoms with Gasteiger partial charge in [0.2, 0.25) is 0 Å². The van der Waals surface area contributed by atoms with Crippen molar-refractivity contribution in [3.63, 3.8) is 0 Å². The zero-order valence-corrected chi connectivity index (χ0v) is 12.4. The van der Waals surface area contributed by atoms with Crippen LogP contribution in [0.1, 0.15) is 16.1 Å². The highest BCUT2D eigenvalue weighted by Gasteiger charge is 2.20. The first-order chi connectivity index (χ1) is 11.1. The van der Waals surface area contributed by atoms with Gasteiger partial charge in [-0.1, -0.05) is 18.2 Å². The van der Waals surface area contributed by atoms with Crippen molar-refractivity contribution >= 4 is 11.6 Å². The molecule has 0 saturated carbocycles. The smallest absolute Gasteiger partial charge is 0.282 e. The molecule has 2 rings (SSSR count). The molecule has 120 valence electrons. The highest BCUT2D eigenvalue weighted by atomic mass is 16.6. The fourth-order valence-corrected chi connectivity index (χ4v) is 2.17. The van der Waals surface area contributed by atoms with Gasteiger partial charge in [0.25, 0.3) is 11.6 Å². The van der Waals surface area contributed by atoms with Gasteiger partial charge in [0, 0.05) is 37.0 Å². The zero-order chi connectivity index (χ0) is 16.7. The molecule has 23 heavy (non-hydrogen) atoms. The van der Waals surface area contributed by atoms with E-state index in [1.165, 1.54) is 18.2 Å². The first kappa shape index (κ1) is 16.6. The Hall–Kier alpha value is -2.80. The summed E-state index contributed by atoms with van der Waals surface area (Å²) < 4.78 is 0. The van der Waals surface area contributed by atoms with Crippen molar-refractivity contribution in [1.29, 1.82) is 0 Å². The number of hydrogen-bond acceptors (Lipinski definition) is 5. The first-order valence-electron chi connectivity index (χ1n) is 7.14. The van der Waals surface area contributed by atoms with Crippen LogP contribution in [0, 0.1) is 16.0 Å². The lowest BCUT2D eigenvalue weighted by Gasteiger charge is -2.14. The maximum atomic E-state index is 12.1. The van der Waals surface area contributed by atoms with E-state index in [-0.39, 0.29) is 30.3 Å². The third-order valence-corrected chi connectivity index (χ3v) is 3.38. The summed E-state index contributed by atoms with van der Waals surface area (Å²) in [6.45, 7) is 0.0890. The summed E-state index contributed by atoms with van der Waals surface area (Å²) >= 11 is 0. The van der Waals surface area contributed by atoms with Crippen molar-refractivity contribution in [3.8, 4) is 0 Å². The number of nitrogens with one attached hydrogen (secondary N) is 1. The molecule has 0 fully saturated rings. The number of aliphatic hydroxyl groups excluding tert-OH is 1. The molecule has 0 bridgehead atoms. The van der Waals surface area contributed by atoms with Crippen LogP contribution >= 0.6 is 0 Å². The van der Waals surface area contributed by atoms with E-state index in [2.05, 4.69) is 10.3 Å². The maximum absolute atomic E-state index is 12.1. The second-order valence-corrected chi connectivity index (χ2v) is 5.06. The SMILES string of the molecule is O=C(NCC(CO)Cc1ccccn1)c1ccccc1[N+](=O)[O-]. The van der Waals surface area contributed by atoms with Crippen LogP contribution < -0.4 is 5.32 Å². The number of carbonyl (C=O) groups excluding carboxylic acids is 1. The third-order valence-electron chi connectivity index (χ3n) is 3.38. The number of hydrogen-bond donors (Lipinski definition) is 2. The maximum Gasteiger partial charge on any atom is 0.282 e. The largest absolute Gasteiger partial charge is 0.396 e. The topological polar surface area (TPSA) is 105 Å². The molecular weight excluding hydrogens is 298 g/mol. The molecule has 1 atom stereocenters. The molecule has 0 aliphatic heterocycles. The van der Waals surface area contributed by atoms with Crippen LogP contribution in [0.15, 0.2) is 48.7 Å². The van der Waals surface area contributed by atoms with Crippen molar-refractivity contribution in [2.45, 2.75) is 6.42 Å². The molecule has 1 aromatic heterocycles. The molecule has 7 nitrogen and oxygen atoms in total. The summed E-state index contributed by atoms with van der Waals surface area (Å²) in [5, 5.41) is 23.0. The number of pyridine rings is 1. The lowest BCUT2D eigenvalue weighted by molar-refractivity contribution is -0.385. The molecule has 0 radical (unpaired) electrons. The Labute approximate surface area is 133 Å². The van der Waals surface area contributed by atoms with Gasteiger partial charge in [0.15, 0.2) is 0 Å². The lowest BCUT2D eigenvalue weighted by Crippen LogP contribution is -2.32. The molecule has 1 unspecified atom stereocenters. The van der Waals surface area contributed by atoms with E-state index >= 15 is 0 Å². The highest BCUT2D eigenvalue weighted by molar-refractivity contribution is 5.98. The monoisotopic (exact) mass is 315 g/mol. The number of nitro groups is 1. The van der Waals surface area contributed by atoms with Gasteiger partial charge in [-0.25, -0.2) is 0 Å². The molecule has 1 amide bonds. The van der Waals surface area contributed by atoms with Gasteiger partial charge >= 0.3 is 0 Å². The normalized spacial score (nSPS) is 11.7. The Morgan fingerprint density at radius 1 is 1.26 bits per heavy atom. The summed E-state index contributed by atoms with van der Waals surface area (Å²) in [5.41, 5.74) is 0.578. The molecule has 1 heterocycles. The number of nitro benzene ring substituents is 1. The fourth-order valence-electron chi connectivity index (χ4n) is 2.17. The Morgan fingerprint density at radius 2 is 2.00 bits per heavy atom. The second-order valence-electron chi connectivity index (χ2n) is 5.06. The van der Waals surface area contributed by atoms with E-state index in [1.807, 2.05) is 12.1 Å². The van der Waals surface area contributed by atoms with Crippen molar-refractivity contribution in [1.82, 2.24) is 10.3 Å². The Balaban J connectivity index is 1.99. The zero-order valence-electron chi connectivity index (χ0n) is 12.4. The predicted molar refractivity (Wildman–Crippen MR) is 83.9 cm³/mol. The number of benzene rings is 1. The molecule has 2 N–H and O–H groups in total. The number of amides is 1. The summed E-state index contributed by atoms with van der Waals surface area (Å²) in [4.78, 5) is 26.7. The number of para-hydroxylation sites is 1. The first-order valence-corrected chi connectivity index (χ1v) is 7.14. The van der Waals surface area contributed by atoms with E-state index in [0.717, 1.165) is 5.69 Å². The Kier molecular flexibility index (Phi) is 5.76. The Morgan fingerprint density at radius 3 is 2.65 bits per heavy atom. The minimum atomic E-state index is -0.591. The van der Waals surface area contributed by atoms with Gasteiger partial charge < -0.3 is 10.4 Å². The van der Waals surface area contributed by atoms with Crippen molar-refractivity contribution in [2.75, 3.05) is 13.2 Å². The molecule has 0 aliphatic carbocycles. The summed E-state index contributed by atoms with van der Waals surface area (Å²) in [7, 11) is 0. The van der Waals surface area contributed by atoms with Gasteiger partial charge in [-0.3, -0.25) is 19.9 Å². The van der Waals surface area contributed by atoms with Crippen molar-refractivity contribution < 1.29 is 14.8 Å². The number of aliphatic hydroxyl groups is 1. The van der Waals surface area contributed by atoms with Crippen LogP contribution in [0.4, 0.5) is 5.69 Å². The Bertz CT molecular complexity index is 676. The number of rotatable bonds is 7. The van der Waals surface area contributed by atoms with Crippen LogP contribution in [0.25, 0.3) is 0 Å². The fraction of sp³-hybridized carbons (Fsp3) is 0.250. The van der Waals surface area contributed by atoms with Crippen LogP contribution in [-0.4, -0.2) is 34.1 Å². The minimum Gasteiger partial charge on any atom is -0.396 e. The van der Waals surface area contributed by atoms with Crippen molar-refractivity contribution in [3.05, 3.63) is 70.0 Å². The van der Waals surface area contributed by atoms with E-state index in [1.54, 1.807) is 18.3 Å². The van der Waals surface area contributed by atoms with Gasteiger partial charge in [-0.05, 0) is 24.6 Å². The minimum absolute atomic E-state index is 0.00651. The summed E-state index contributed by atoms with van der Waals surface area (Å²) in [6.07, 6.45) is 2.17. The molecule has 1 aromatic carbocycles. The van der Waals surface area contributed by atoms with Crippen LogP contribution in [-0.2, 0) is 6.42 Å². The molecule has 0 saturated heterocycles. The summed E-state index contributed by atoms with van der Waals surface area (Å²) in [6, 6.07) is 11.3. The van der Waals surface area contributed by atoms with E-state index < -0.39 is 10.8 Å². The molecule has 7 heteroatoms. The summed E-state index contributed by atoms with van der Waals surface area (Å²) in [5.74, 6) is -0.742. The van der Waals surface area contributed by atoms with Gasteiger partial charge in [0.1, 0.15) is 5.56 Å². The van der Waals surface area contributed by atoms with E-state index in [9.17, 15) is 20.0 Å². The molecule has 0 aliphatic rings. The number of carbonyl (C=O) groups is 1. The third kappa shape index (κ3) is 4.58. The predicted octanol–water partition coefficient (Wildman–Crippen LogP) is 1.57. The van der Waals surface area contributed by atoms with E-state index in [4.69, 9.17) is 0 Å². The quantitative estimate of drug-likeness (QED) is 0.596. The standard InChI is InChI=1S/C16H17N3O4/c20-11-12(9-13-5-3-4-8-17-13)10-18-16(21)14-6-1-2-7-15(14)19(22)23/h1-8,12,20H,9-11H2,(H,18,21). The van der Waals surface area contributed by atoms with Crippen LogP contribution in [0.5, 0.6) is 0 Å². The van der Waals surface area contributed by atoms with Gasteiger partial charge in [-0.15, -0.1) is 0 Å². The lowest BCUT2D eigenvalue weighted by atomic mass is 10.0.